The lowest BCUT2D eigenvalue weighted by Gasteiger charge is -1.71. The van der Waals surface area contributed by atoms with E-state index in [-0.39, 0.29) is 0 Å². The molecule has 2 aliphatic carbocycles. The lowest BCUT2D eigenvalue weighted by atomic mass is 10.3. The van der Waals surface area contributed by atoms with Gasteiger partial charge in [-0.05, 0) is 24.7 Å². The summed E-state index contributed by atoms with van der Waals surface area (Å²) >= 11 is 0. The highest BCUT2D eigenvalue weighted by Crippen LogP contribution is 2.46. The van der Waals surface area contributed by atoms with E-state index in [0.29, 0.717) is 0 Å². The highest BCUT2D eigenvalue weighted by Gasteiger charge is 2.36. The molecule has 2 atom stereocenters. The van der Waals surface area contributed by atoms with Crippen molar-refractivity contribution in [3.8, 4) is 0 Å². The van der Waals surface area contributed by atoms with Gasteiger partial charge in [0.1, 0.15) is 0 Å². The number of hydrogen-bond donors (Lipinski definition) is 0. The van der Waals surface area contributed by atoms with Gasteiger partial charge in [-0.25, -0.2) is 0 Å². The second-order valence-electron chi connectivity index (χ2n) is 2.14. The maximum atomic E-state index is 2.30. The lowest BCUT2D eigenvalue weighted by Crippen LogP contribution is -1.63. The fourth-order valence-corrected chi connectivity index (χ4v) is 1.03. The van der Waals surface area contributed by atoms with Gasteiger partial charge < -0.3 is 0 Å². The summed E-state index contributed by atoms with van der Waals surface area (Å²) in [6, 6.07) is 0. The van der Waals surface area contributed by atoms with Gasteiger partial charge >= 0.3 is 0 Å². The molecule has 0 nitrogen and oxygen atoms in total. The minimum Gasteiger partial charge on any atom is -0.0848 e. The molecule has 0 amide bonds. The van der Waals surface area contributed by atoms with Crippen molar-refractivity contribution in [3.63, 3.8) is 0 Å². The van der Waals surface area contributed by atoms with Gasteiger partial charge in [0.2, 0.25) is 0 Å². The van der Waals surface area contributed by atoms with Crippen molar-refractivity contribution in [2.24, 2.45) is 11.8 Å². The Kier molecular flexibility index (Phi) is 0.331. The van der Waals surface area contributed by atoms with E-state index in [9.17, 15) is 0 Å². The predicted octanol–water partition coefficient (Wildman–Crippen LogP) is 1.40. The molecule has 31 valence electrons. The third kappa shape index (κ3) is 0.204. The van der Waals surface area contributed by atoms with E-state index >= 15 is 0 Å². The monoisotopic (exact) mass is 79.1 g/mol. The Balaban J connectivity index is 2.26. The Morgan fingerprint density at radius 1 is 1.33 bits per heavy atom. The van der Waals surface area contributed by atoms with Gasteiger partial charge in [0.15, 0.2) is 0 Å². The topological polar surface area (TPSA) is 0 Å². The van der Waals surface area contributed by atoms with E-state index in [1.807, 2.05) is 0 Å². The van der Waals surface area contributed by atoms with Crippen LogP contribution in [0.25, 0.3) is 0 Å². The van der Waals surface area contributed by atoms with Crippen LogP contribution >= 0.6 is 0 Å². The molecular formula is C6H7. The maximum Gasteiger partial charge on any atom is -0.0133 e. The van der Waals surface area contributed by atoms with E-state index < -0.39 is 0 Å². The van der Waals surface area contributed by atoms with Crippen LogP contribution < -0.4 is 0 Å². The van der Waals surface area contributed by atoms with Crippen LogP contribution in [0.5, 0.6) is 0 Å². The van der Waals surface area contributed by atoms with E-state index in [2.05, 4.69) is 18.6 Å². The molecule has 1 radical (unpaired) electrons. The fourth-order valence-electron chi connectivity index (χ4n) is 1.03. The first-order valence-corrected chi connectivity index (χ1v) is 2.48. The lowest BCUT2D eigenvalue weighted by molar-refractivity contribution is 0.999. The Morgan fingerprint density at radius 3 is 2.50 bits per heavy atom. The second kappa shape index (κ2) is 0.699. The minimum absolute atomic E-state index is 0.977. The van der Waals surface area contributed by atoms with Crippen LogP contribution in [0.2, 0.25) is 0 Å². The highest BCUT2D eigenvalue weighted by atomic mass is 14.4. The van der Waals surface area contributed by atoms with Crippen molar-refractivity contribution in [2.45, 2.75) is 6.42 Å². The van der Waals surface area contributed by atoms with Crippen LogP contribution in [-0.4, -0.2) is 0 Å². The molecule has 0 heteroatoms. The standard InChI is InChI=1S/C6H7/c1-2-5-4-6(5)3-1/h1-3,5-6H,4H2. The summed E-state index contributed by atoms with van der Waals surface area (Å²) < 4.78 is 0. The smallest absolute Gasteiger partial charge is 0.0133 e. The molecule has 0 aromatic heterocycles. The first-order valence-electron chi connectivity index (χ1n) is 2.48. The molecule has 2 rings (SSSR count). The SMILES string of the molecule is [CH]1C=CC2CC12. The van der Waals surface area contributed by atoms with Gasteiger partial charge in [0, 0.05) is 0 Å². The summed E-state index contributed by atoms with van der Waals surface area (Å²) in [5.74, 6) is 1.95. The molecular weight excluding hydrogens is 72.1 g/mol. The summed E-state index contributed by atoms with van der Waals surface area (Å²) in [4.78, 5) is 0. The molecule has 0 aromatic carbocycles. The van der Waals surface area contributed by atoms with Crippen LogP contribution in [0, 0.1) is 18.3 Å². The van der Waals surface area contributed by atoms with Crippen LogP contribution in [0.15, 0.2) is 12.2 Å². The average Bonchev–Trinajstić information content (AvgIpc) is 2.17. The van der Waals surface area contributed by atoms with Gasteiger partial charge in [0.25, 0.3) is 0 Å². The summed E-state index contributed by atoms with van der Waals surface area (Å²) in [5.41, 5.74) is 0. The number of rotatable bonds is 0. The number of hydrogen-bond acceptors (Lipinski definition) is 0. The molecule has 0 bridgehead atoms. The Bertz CT molecular complexity index is 92.2. The van der Waals surface area contributed by atoms with Gasteiger partial charge in [-0.2, -0.15) is 0 Å². The summed E-state index contributed by atoms with van der Waals surface area (Å²) in [7, 11) is 0. The fraction of sp³-hybridized carbons (Fsp3) is 0.500. The van der Waals surface area contributed by atoms with Crippen molar-refractivity contribution in [1.82, 2.24) is 0 Å². The Hall–Kier alpha value is -0.260. The van der Waals surface area contributed by atoms with E-state index in [1.54, 1.807) is 0 Å². The van der Waals surface area contributed by atoms with Gasteiger partial charge in [0.05, 0.1) is 0 Å². The Labute approximate surface area is 37.9 Å². The van der Waals surface area contributed by atoms with E-state index in [1.165, 1.54) is 6.42 Å². The van der Waals surface area contributed by atoms with Crippen LogP contribution in [0.3, 0.4) is 0 Å². The molecule has 0 N–H and O–H groups in total. The van der Waals surface area contributed by atoms with Crippen LogP contribution in [-0.2, 0) is 0 Å². The normalized spacial score (nSPS) is 49.3. The quantitative estimate of drug-likeness (QED) is 0.411. The summed E-state index contributed by atoms with van der Waals surface area (Å²) in [6.07, 6.45) is 8.21. The zero-order chi connectivity index (χ0) is 3.98. The molecule has 1 saturated carbocycles. The van der Waals surface area contributed by atoms with Crippen LogP contribution in [0.4, 0.5) is 0 Å². The molecule has 0 heterocycles. The van der Waals surface area contributed by atoms with Crippen molar-refractivity contribution in [1.29, 1.82) is 0 Å². The van der Waals surface area contributed by atoms with E-state index in [0.717, 1.165) is 11.8 Å². The van der Waals surface area contributed by atoms with Crippen molar-refractivity contribution < 1.29 is 0 Å². The van der Waals surface area contributed by atoms with Crippen molar-refractivity contribution in [2.75, 3.05) is 0 Å². The molecule has 2 unspecified atom stereocenters. The first-order chi connectivity index (χ1) is 2.97. The van der Waals surface area contributed by atoms with Gasteiger partial charge in [-0.15, -0.1) is 0 Å². The second-order valence-corrected chi connectivity index (χ2v) is 2.14. The molecule has 0 spiro atoms. The number of allylic oxidation sites excluding steroid dienone is 2. The largest absolute Gasteiger partial charge is 0.0848 e. The molecule has 1 fully saturated rings. The molecule has 0 saturated heterocycles. The predicted molar refractivity (Wildman–Crippen MR) is 25.0 cm³/mol. The van der Waals surface area contributed by atoms with Gasteiger partial charge in [-0.1, -0.05) is 12.2 Å². The van der Waals surface area contributed by atoms with Crippen LogP contribution in [0.1, 0.15) is 6.42 Å². The maximum absolute atomic E-state index is 2.30. The average molecular weight is 79.1 g/mol. The van der Waals surface area contributed by atoms with Gasteiger partial charge in [-0.3, -0.25) is 0 Å². The molecule has 0 aromatic rings. The zero-order valence-corrected chi connectivity index (χ0v) is 3.59. The number of fused-ring (bicyclic) bond motifs is 1. The van der Waals surface area contributed by atoms with E-state index in [4.69, 9.17) is 0 Å². The summed E-state index contributed by atoms with van der Waals surface area (Å²) in [5, 5.41) is 0. The third-order valence-electron chi connectivity index (χ3n) is 1.61. The van der Waals surface area contributed by atoms with Crippen molar-refractivity contribution >= 4 is 0 Å². The van der Waals surface area contributed by atoms with Crippen molar-refractivity contribution in [3.05, 3.63) is 18.6 Å². The highest BCUT2D eigenvalue weighted by molar-refractivity contribution is 5.21. The molecule has 2 aliphatic rings. The Morgan fingerprint density at radius 2 is 2.33 bits per heavy atom. The molecule has 6 heavy (non-hydrogen) atoms. The zero-order valence-electron chi connectivity index (χ0n) is 3.59. The third-order valence-corrected chi connectivity index (χ3v) is 1.61. The summed E-state index contributed by atoms with van der Waals surface area (Å²) in [6.45, 7) is 0. The molecule has 0 aliphatic heterocycles. The minimum atomic E-state index is 0.977. The first kappa shape index (κ1) is 2.84.